The molecule has 0 aliphatic carbocycles. The molecule has 0 fully saturated rings. The lowest BCUT2D eigenvalue weighted by Gasteiger charge is -2.07. The number of amides is 1. The van der Waals surface area contributed by atoms with E-state index >= 15 is 0 Å². The number of carbonyl (C=O) groups excluding carboxylic acids is 1. The Labute approximate surface area is 139 Å². The van der Waals surface area contributed by atoms with Gasteiger partial charge in [0.05, 0.1) is 5.69 Å². The Morgan fingerprint density at radius 3 is 2.82 bits per heavy atom. The molecule has 0 unspecified atom stereocenters. The predicted molar refractivity (Wildman–Crippen MR) is 93.5 cm³/mol. The van der Waals surface area contributed by atoms with E-state index in [4.69, 9.17) is 11.6 Å². The summed E-state index contributed by atoms with van der Waals surface area (Å²) >= 11 is 7.73. The first-order valence-electron chi connectivity index (χ1n) is 7.30. The molecule has 2 N–H and O–H groups in total. The molecule has 0 aliphatic heterocycles. The minimum absolute atomic E-state index is 0.0325. The lowest BCUT2D eigenvalue weighted by molar-refractivity contribution is -0.123. The van der Waals surface area contributed by atoms with Crippen LogP contribution in [0.3, 0.4) is 0 Å². The molecule has 2 rings (SSSR count). The Morgan fingerprint density at radius 1 is 1.32 bits per heavy atom. The highest BCUT2D eigenvalue weighted by Gasteiger charge is 2.08. The van der Waals surface area contributed by atoms with E-state index in [2.05, 4.69) is 15.6 Å². The van der Waals surface area contributed by atoms with Gasteiger partial charge in [0.2, 0.25) is 5.91 Å². The second-order valence-corrected chi connectivity index (χ2v) is 6.51. The molecule has 1 heterocycles. The number of thiazole rings is 1. The minimum Gasteiger partial charge on any atom is -0.361 e. The number of benzene rings is 1. The third kappa shape index (κ3) is 4.71. The standard InChI is InChI=1S/C16H20ClN3OS/c1-11(2)15(21)18-8-5-9-19-16-20-14(10-22-16)12-6-3-4-7-13(12)17/h3-4,6-7,10-11H,5,8-9H2,1-2H3,(H,18,21)(H,19,20). The highest BCUT2D eigenvalue weighted by molar-refractivity contribution is 7.14. The molecule has 1 aromatic heterocycles. The minimum atomic E-state index is 0.0325. The van der Waals surface area contributed by atoms with E-state index in [1.807, 2.05) is 43.5 Å². The number of nitrogens with one attached hydrogen (secondary N) is 2. The quantitative estimate of drug-likeness (QED) is 0.750. The highest BCUT2D eigenvalue weighted by atomic mass is 35.5. The normalized spacial score (nSPS) is 10.7. The average Bonchev–Trinajstić information content (AvgIpc) is 2.95. The second kappa shape index (κ2) is 8.15. The lowest BCUT2D eigenvalue weighted by atomic mass is 10.2. The largest absolute Gasteiger partial charge is 0.361 e. The summed E-state index contributed by atoms with van der Waals surface area (Å²) in [4.78, 5) is 16.0. The van der Waals surface area contributed by atoms with E-state index in [0.717, 1.165) is 29.4 Å². The van der Waals surface area contributed by atoms with Gasteiger partial charge in [0.1, 0.15) is 0 Å². The Hall–Kier alpha value is -1.59. The van der Waals surface area contributed by atoms with Crippen molar-refractivity contribution in [1.29, 1.82) is 0 Å². The van der Waals surface area contributed by atoms with Crippen LogP contribution in [0.15, 0.2) is 29.6 Å². The number of hydrogen-bond acceptors (Lipinski definition) is 4. The molecular weight excluding hydrogens is 318 g/mol. The molecule has 0 atom stereocenters. The van der Waals surface area contributed by atoms with Gasteiger partial charge >= 0.3 is 0 Å². The molecule has 1 amide bonds. The molecule has 0 aliphatic rings. The van der Waals surface area contributed by atoms with Crippen LogP contribution in [0, 0.1) is 5.92 Å². The predicted octanol–water partition coefficient (Wildman–Crippen LogP) is 4.04. The molecule has 1 aromatic carbocycles. The summed E-state index contributed by atoms with van der Waals surface area (Å²) in [6.07, 6.45) is 0.861. The van der Waals surface area contributed by atoms with Crippen LogP contribution < -0.4 is 10.6 Å². The zero-order valence-corrected chi connectivity index (χ0v) is 14.3. The van der Waals surface area contributed by atoms with E-state index in [1.165, 1.54) is 0 Å². The summed E-state index contributed by atoms with van der Waals surface area (Å²) in [5, 5.41) is 9.72. The molecule has 0 saturated carbocycles. The van der Waals surface area contributed by atoms with E-state index in [9.17, 15) is 4.79 Å². The van der Waals surface area contributed by atoms with Crippen molar-refractivity contribution in [2.45, 2.75) is 20.3 Å². The molecule has 0 spiro atoms. The molecule has 0 radical (unpaired) electrons. The fourth-order valence-corrected chi connectivity index (χ4v) is 2.82. The van der Waals surface area contributed by atoms with Gasteiger partial charge in [-0.1, -0.05) is 43.6 Å². The number of aromatic nitrogens is 1. The second-order valence-electron chi connectivity index (χ2n) is 5.24. The van der Waals surface area contributed by atoms with Crippen LogP contribution in [0.2, 0.25) is 5.02 Å². The zero-order chi connectivity index (χ0) is 15.9. The third-order valence-corrected chi connectivity index (χ3v) is 4.24. The fraction of sp³-hybridized carbons (Fsp3) is 0.375. The number of nitrogens with zero attached hydrogens (tertiary/aromatic N) is 1. The maximum Gasteiger partial charge on any atom is 0.222 e. The van der Waals surface area contributed by atoms with Crippen LogP contribution >= 0.6 is 22.9 Å². The van der Waals surface area contributed by atoms with Crippen LogP contribution in [0.25, 0.3) is 11.3 Å². The van der Waals surface area contributed by atoms with Crippen molar-refractivity contribution in [3.05, 3.63) is 34.7 Å². The van der Waals surface area contributed by atoms with Crippen molar-refractivity contribution in [2.24, 2.45) is 5.92 Å². The van der Waals surface area contributed by atoms with Gasteiger partial charge in [0.25, 0.3) is 0 Å². The van der Waals surface area contributed by atoms with Gasteiger partial charge in [-0.15, -0.1) is 11.3 Å². The van der Waals surface area contributed by atoms with E-state index < -0.39 is 0 Å². The Bertz CT molecular complexity index is 627. The van der Waals surface area contributed by atoms with Gasteiger partial charge in [-0.25, -0.2) is 4.98 Å². The number of anilines is 1. The van der Waals surface area contributed by atoms with Crippen LogP contribution in [0.5, 0.6) is 0 Å². The van der Waals surface area contributed by atoms with Crippen LogP contribution in [0.4, 0.5) is 5.13 Å². The Balaban J connectivity index is 1.79. The van der Waals surface area contributed by atoms with Crippen LogP contribution in [-0.4, -0.2) is 24.0 Å². The molecule has 2 aromatic rings. The van der Waals surface area contributed by atoms with E-state index in [-0.39, 0.29) is 11.8 Å². The summed E-state index contributed by atoms with van der Waals surface area (Å²) in [6, 6.07) is 7.68. The maximum absolute atomic E-state index is 11.4. The van der Waals surface area contributed by atoms with Crippen LogP contribution in [-0.2, 0) is 4.79 Å². The van der Waals surface area contributed by atoms with Gasteiger partial charge in [-0.3, -0.25) is 4.79 Å². The van der Waals surface area contributed by atoms with Gasteiger partial charge < -0.3 is 10.6 Å². The molecule has 6 heteroatoms. The van der Waals surface area contributed by atoms with Gasteiger partial charge in [-0.05, 0) is 12.5 Å². The number of halogens is 1. The smallest absolute Gasteiger partial charge is 0.222 e. The summed E-state index contributed by atoms with van der Waals surface area (Å²) in [6.45, 7) is 5.22. The average molecular weight is 338 g/mol. The summed E-state index contributed by atoms with van der Waals surface area (Å²) in [5.74, 6) is 0.125. The lowest BCUT2D eigenvalue weighted by Crippen LogP contribution is -2.29. The van der Waals surface area contributed by atoms with Crippen LogP contribution in [0.1, 0.15) is 20.3 Å². The number of hydrogen-bond donors (Lipinski definition) is 2. The first kappa shape index (κ1) is 16.8. The number of rotatable bonds is 7. The first-order valence-corrected chi connectivity index (χ1v) is 8.55. The first-order chi connectivity index (χ1) is 10.6. The van der Waals surface area contributed by atoms with Gasteiger partial charge in [-0.2, -0.15) is 0 Å². The van der Waals surface area contributed by atoms with Gasteiger partial charge in [0.15, 0.2) is 5.13 Å². The molecule has 118 valence electrons. The van der Waals surface area contributed by atoms with Crippen molar-refractivity contribution >= 4 is 34.0 Å². The summed E-state index contributed by atoms with van der Waals surface area (Å²) < 4.78 is 0. The molecule has 0 saturated heterocycles. The highest BCUT2D eigenvalue weighted by Crippen LogP contribution is 2.30. The van der Waals surface area contributed by atoms with Crippen molar-refractivity contribution < 1.29 is 4.79 Å². The SMILES string of the molecule is CC(C)C(=O)NCCCNc1nc(-c2ccccc2Cl)cs1. The van der Waals surface area contributed by atoms with E-state index in [1.54, 1.807) is 11.3 Å². The number of carbonyl (C=O) groups is 1. The van der Waals surface area contributed by atoms with Crippen molar-refractivity contribution in [3.8, 4) is 11.3 Å². The van der Waals surface area contributed by atoms with Crippen molar-refractivity contribution in [2.75, 3.05) is 18.4 Å². The topological polar surface area (TPSA) is 54.0 Å². The molecule has 22 heavy (non-hydrogen) atoms. The Morgan fingerprint density at radius 2 is 2.09 bits per heavy atom. The Kier molecular flexibility index (Phi) is 6.21. The van der Waals surface area contributed by atoms with Crippen molar-refractivity contribution in [3.63, 3.8) is 0 Å². The molecule has 4 nitrogen and oxygen atoms in total. The third-order valence-electron chi connectivity index (χ3n) is 3.11. The maximum atomic E-state index is 11.4. The monoisotopic (exact) mass is 337 g/mol. The molecular formula is C16H20ClN3OS. The summed E-state index contributed by atoms with van der Waals surface area (Å²) in [5.41, 5.74) is 1.82. The van der Waals surface area contributed by atoms with E-state index in [0.29, 0.717) is 11.6 Å². The van der Waals surface area contributed by atoms with Crippen molar-refractivity contribution in [1.82, 2.24) is 10.3 Å². The molecule has 0 bridgehead atoms. The zero-order valence-electron chi connectivity index (χ0n) is 12.7. The summed E-state index contributed by atoms with van der Waals surface area (Å²) in [7, 11) is 0. The van der Waals surface area contributed by atoms with Gasteiger partial charge in [0, 0.05) is 35.0 Å². The fourth-order valence-electron chi connectivity index (χ4n) is 1.85.